The van der Waals surface area contributed by atoms with Gasteiger partial charge in [0.1, 0.15) is 6.04 Å². The van der Waals surface area contributed by atoms with Crippen LogP contribution in [-0.4, -0.2) is 30.5 Å². The monoisotopic (exact) mass is 322 g/mol. The molecule has 0 saturated carbocycles. The Bertz CT molecular complexity index is 673. The number of rotatable bonds is 5. The van der Waals surface area contributed by atoms with E-state index in [9.17, 15) is 23.3 Å². The number of aryl methyl sites for hydroxylation is 1. The van der Waals surface area contributed by atoms with Crippen molar-refractivity contribution in [2.75, 3.05) is 0 Å². The van der Waals surface area contributed by atoms with E-state index in [1.54, 1.807) is 0 Å². The topological polar surface area (TPSA) is 127 Å². The van der Waals surface area contributed by atoms with Gasteiger partial charge in [0.15, 0.2) is 4.90 Å². The van der Waals surface area contributed by atoms with Gasteiger partial charge in [-0.05, 0) is 25.5 Å². The van der Waals surface area contributed by atoms with Gasteiger partial charge in [0.25, 0.3) is 5.69 Å². The number of hydrogen-bond acceptors (Lipinski definition) is 5. The molecule has 8 nitrogen and oxygen atoms in total. The third kappa shape index (κ3) is 3.44. The number of carboxylic acid groups (broad SMARTS) is 1. The van der Waals surface area contributed by atoms with Gasteiger partial charge in [-0.3, -0.25) is 14.9 Å². The molecule has 0 aliphatic rings. The molecule has 0 radical (unpaired) electrons. The van der Waals surface area contributed by atoms with Crippen LogP contribution in [0, 0.1) is 17.0 Å². The zero-order valence-corrected chi connectivity index (χ0v) is 12.0. The van der Waals surface area contributed by atoms with Crippen LogP contribution in [0.3, 0.4) is 0 Å². The molecule has 1 atom stereocenters. The number of nitrogens with one attached hydrogen (secondary N) is 1. The maximum Gasteiger partial charge on any atom is 0.321 e. The SMILES string of the molecule is Cc1cc([N+](=O)[O-])c(S(=O)(=O)NC(C)C(=O)O)cc1Cl. The Hall–Kier alpha value is -1.71. The second-order valence-corrected chi connectivity index (χ2v) is 6.10. The quantitative estimate of drug-likeness (QED) is 0.621. The summed E-state index contributed by atoms with van der Waals surface area (Å²) in [5, 5.41) is 19.6. The molecular weight excluding hydrogens is 312 g/mol. The van der Waals surface area contributed by atoms with Crippen molar-refractivity contribution in [1.29, 1.82) is 0 Å². The van der Waals surface area contributed by atoms with Crippen molar-refractivity contribution in [3.8, 4) is 0 Å². The highest BCUT2D eigenvalue weighted by atomic mass is 35.5. The maximum absolute atomic E-state index is 12.0. The zero-order valence-electron chi connectivity index (χ0n) is 10.5. The minimum Gasteiger partial charge on any atom is -0.480 e. The molecule has 110 valence electrons. The van der Waals surface area contributed by atoms with Gasteiger partial charge < -0.3 is 5.11 Å². The molecule has 0 aliphatic heterocycles. The molecule has 0 aromatic heterocycles. The molecule has 1 aromatic carbocycles. The van der Waals surface area contributed by atoms with Crippen LogP contribution in [0.4, 0.5) is 5.69 Å². The maximum atomic E-state index is 12.0. The van der Waals surface area contributed by atoms with Crippen LogP contribution in [0.25, 0.3) is 0 Å². The highest BCUT2D eigenvalue weighted by Crippen LogP contribution is 2.30. The largest absolute Gasteiger partial charge is 0.480 e. The third-order valence-corrected chi connectivity index (χ3v) is 4.41. The van der Waals surface area contributed by atoms with Crippen molar-refractivity contribution in [2.24, 2.45) is 0 Å². The molecule has 0 amide bonds. The normalized spacial score (nSPS) is 12.9. The van der Waals surface area contributed by atoms with Crippen molar-refractivity contribution >= 4 is 33.3 Å². The molecule has 1 unspecified atom stereocenters. The Labute approximate surface area is 119 Å². The standard InChI is InChI=1S/C10H11ClN2O6S/c1-5-3-8(13(16)17)9(4-7(5)11)20(18,19)12-6(2)10(14)15/h3-4,6,12H,1-2H3,(H,14,15). The summed E-state index contributed by atoms with van der Waals surface area (Å²) in [4.78, 5) is 20.0. The van der Waals surface area contributed by atoms with E-state index >= 15 is 0 Å². The van der Waals surface area contributed by atoms with Gasteiger partial charge >= 0.3 is 5.97 Å². The zero-order chi connectivity index (χ0) is 15.7. The van der Waals surface area contributed by atoms with Gasteiger partial charge in [0, 0.05) is 11.1 Å². The Kier molecular flexibility index (Phi) is 4.69. The molecular formula is C10H11ClN2O6S. The first kappa shape index (κ1) is 16.3. The van der Waals surface area contributed by atoms with Crippen molar-refractivity contribution in [3.05, 3.63) is 32.8 Å². The average molecular weight is 323 g/mol. The van der Waals surface area contributed by atoms with E-state index in [-0.39, 0.29) is 5.02 Å². The molecule has 0 saturated heterocycles. The van der Waals surface area contributed by atoms with Crippen molar-refractivity contribution < 1.29 is 23.2 Å². The molecule has 0 bridgehead atoms. The highest BCUT2D eigenvalue weighted by molar-refractivity contribution is 7.89. The van der Waals surface area contributed by atoms with Crippen LogP contribution < -0.4 is 4.72 Å². The number of hydrogen-bond donors (Lipinski definition) is 2. The van der Waals surface area contributed by atoms with E-state index in [1.165, 1.54) is 6.92 Å². The van der Waals surface area contributed by atoms with Gasteiger partial charge in [0.05, 0.1) is 4.92 Å². The summed E-state index contributed by atoms with van der Waals surface area (Å²) in [6, 6.07) is 0.508. The molecule has 0 fully saturated rings. The average Bonchev–Trinajstić information content (AvgIpc) is 2.30. The van der Waals surface area contributed by atoms with Gasteiger partial charge in [-0.25, -0.2) is 8.42 Å². The fourth-order valence-electron chi connectivity index (χ4n) is 1.35. The summed E-state index contributed by atoms with van der Waals surface area (Å²) < 4.78 is 25.8. The number of sulfonamides is 1. The predicted molar refractivity (Wildman–Crippen MR) is 70.3 cm³/mol. The van der Waals surface area contributed by atoms with E-state index in [4.69, 9.17) is 16.7 Å². The lowest BCUT2D eigenvalue weighted by atomic mass is 10.2. The van der Waals surface area contributed by atoms with Gasteiger partial charge in [-0.2, -0.15) is 4.72 Å². The number of nitro groups is 1. The molecule has 0 heterocycles. The first-order valence-electron chi connectivity index (χ1n) is 5.26. The lowest BCUT2D eigenvalue weighted by Gasteiger charge is -2.11. The lowest BCUT2D eigenvalue weighted by molar-refractivity contribution is -0.387. The first-order valence-corrected chi connectivity index (χ1v) is 7.12. The second kappa shape index (κ2) is 5.73. The van der Waals surface area contributed by atoms with Crippen molar-refractivity contribution in [1.82, 2.24) is 4.72 Å². The summed E-state index contributed by atoms with van der Waals surface area (Å²) in [5.74, 6) is -1.41. The number of nitrogens with zero attached hydrogens (tertiary/aromatic N) is 1. The lowest BCUT2D eigenvalue weighted by Crippen LogP contribution is -2.38. The number of carbonyl (C=O) groups is 1. The number of carboxylic acids is 1. The van der Waals surface area contributed by atoms with E-state index < -0.39 is 37.5 Å². The van der Waals surface area contributed by atoms with Gasteiger partial charge in [-0.1, -0.05) is 11.6 Å². The fraction of sp³-hybridized carbons (Fsp3) is 0.300. The highest BCUT2D eigenvalue weighted by Gasteiger charge is 2.29. The Morgan fingerprint density at radius 1 is 1.50 bits per heavy atom. The van der Waals surface area contributed by atoms with Crippen LogP contribution >= 0.6 is 11.6 Å². The summed E-state index contributed by atoms with van der Waals surface area (Å²) in [5.41, 5.74) is -0.333. The number of nitro benzene ring substituents is 1. The molecule has 0 spiro atoms. The van der Waals surface area contributed by atoms with E-state index in [2.05, 4.69) is 0 Å². The number of halogens is 1. The van der Waals surface area contributed by atoms with Crippen LogP contribution in [-0.2, 0) is 14.8 Å². The van der Waals surface area contributed by atoms with Crippen LogP contribution in [0.5, 0.6) is 0 Å². The molecule has 0 aliphatic carbocycles. The summed E-state index contributed by atoms with van der Waals surface area (Å²) in [6.07, 6.45) is 0. The molecule has 20 heavy (non-hydrogen) atoms. The van der Waals surface area contributed by atoms with Crippen LogP contribution in [0.2, 0.25) is 5.02 Å². The molecule has 10 heteroatoms. The Morgan fingerprint density at radius 3 is 2.50 bits per heavy atom. The van der Waals surface area contributed by atoms with Crippen LogP contribution in [0.1, 0.15) is 12.5 Å². The number of aliphatic carboxylic acids is 1. The van der Waals surface area contributed by atoms with E-state index in [0.717, 1.165) is 19.1 Å². The van der Waals surface area contributed by atoms with Crippen molar-refractivity contribution in [2.45, 2.75) is 24.8 Å². The minimum atomic E-state index is -4.38. The fourth-order valence-corrected chi connectivity index (χ4v) is 2.96. The van der Waals surface area contributed by atoms with Gasteiger partial charge in [0.2, 0.25) is 10.0 Å². The second-order valence-electron chi connectivity index (χ2n) is 4.01. The molecule has 2 N–H and O–H groups in total. The number of benzene rings is 1. The summed E-state index contributed by atoms with van der Waals surface area (Å²) in [6.45, 7) is 2.58. The Morgan fingerprint density at radius 2 is 2.05 bits per heavy atom. The van der Waals surface area contributed by atoms with E-state index in [0.29, 0.717) is 5.56 Å². The third-order valence-electron chi connectivity index (χ3n) is 2.43. The summed E-state index contributed by atoms with van der Waals surface area (Å²) in [7, 11) is -4.38. The predicted octanol–water partition coefficient (Wildman–Crippen LogP) is 1.31. The Balaban J connectivity index is 3.41. The minimum absolute atomic E-state index is 0.0268. The van der Waals surface area contributed by atoms with Crippen LogP contribution in [0.15, 0.2) is 17.0 Å². The first-order chi connectivity index (χ1) is 9.06. The summed E-state index contributed by atoms with van der Waals surface area (Å²) >= 11 is 5.76. The van der Waals surface area contributed by atoms with E-state index in [1.807, 2.05) is 4.72 Å². The van der Waals surface area contributed by atoms with Gasteiger partial charge in [-0.15, -0.1) is 0 Å². The smallest absolute Gasteiger partial charge is 0.321 e. The van der Waals surface area contributed by atoms with Crippen molar-refractivity contribution in [3.63, 3.8) is 0 Å². The molecule has 1 rings (SSSR count). The molecule has 1 aromatic rings.